The van der Waals surface area contributed by atoms with Crippen LogP contribution in [-0.4, -0.2) is 23.1 Å². The third-order valence-electron chi connectivity index (χ3n) is 3.33. The highest BCUT2D eigenvalue weighted by Gasteiger charge is 2.24. The summed E-state index contributed by atoms with van der Waals surface area (Å²) in [6, 6.07) is 7.70. The van der Waals surface area contributed by atoms with Crippen LogP contribution in [0.5, 0.6) is 11.5 Å². The summed E-state index contributed by atoms with van der Waals surface area (Å²) < 4.78 is 11.6. The molecule has 1 atom stereocenters. The van der Waals surface area contributed by atoms with E-state index in [0.29, 0.717) is 12.5 Å². The molecule has 1 aromatic heterocycles. The molecule has 1 unspecified atom stereocenters. The van der Waals surface area contributed by atoms with Crippen molar-refractivity contribution in [1.29, 1.82) is 0 Å². The van der Waals surface area contributed by atoms with Gasteiger partial charge in [-0.05, 0) is 24.6 Å². The summed E-state index contributed by atoms with van der Waals surface area (Å²) in [4.78, 5) is 7.72. The van der Waals surface area contributed by atoms with Crippen LogP contribution in [0, 0.1) is 5.92 Å². The van der Waals surface area contributed by atoms with Gasteiger partial charge >= 0.3 is 0 Å². The van der Waals surface area contributed by atoms with Crippen molar-refractivity contribution in [1.82, 2.24) is 15.3 Å². The lowest BCUT2D eigenvalue weighted by Gasteiger charge is -2.25. The molecular formula is C16H21N3O2. The zero-order valence-corrected chi connectivity index (χ0v) is 12.4. The van der Waals surface area contributed by atoms with Crippen molar-refractivity contribution in [2.75, 3.05) is 13.2 Å². The van der Waals surface area contributed by atoms with Crippen molar-refractivity contribution in [2.45, 2.75) is 26.5 Å². The van der Waals surface area contributed by atoms with Gasteiger partial charge in [-0.2, -0.15) is 0 Å². The normalized spacial score (nSPS) is 17.2. The molecule has 1 aliphatic rings. The zero-order chi connectivity index (χ0) is 14.7. The predicted molar refractivity (Wildman–Crippen MR) is 80.4 cm³/mol. The van der Waals surface area contributed by atoms with Gasteiger partial charge in [0.25, 0.3) is 0 Å². The maximum atomic E-state index is 5.93. The van der Waals surface area contributed by atoms with E-state index in [1.807, 2.05) is 30.5 Å². The van der Waals surface area contributed by atoms with Crippen molar-refractivity contribution in [3.05, 3.63) is 42.0 Å². The molecule has 2 aromatic rings. The smallest absolute Gasteiger partial charge is 0.190 e. The molecule has 5 heteroatoms. The number of fused-ring (bicyclic) bond motifs is 1. The average molecular weight is 287 g/mol. The molecule has 2 N–H and O–H groups in total. The number of imidazole rings is 1. The summed E-state index contributed by atoms with van der Waals surface area (Å²) in [5.74, 6) is 3.01. The van der Waals surface area contributed by atoms with Crippen LogP contribution < -0.4 is 14.8 Å². The third-order valence-corrected chi connectivity index (χ3v) is 3.33. The number of hydrogen-bond donors (Lipinski definition) is 2. The fourth-order valence-electron chi connectivity index (χ4n) is 2.28. The Morgan fingerprint density at radius 2 is 2.14 bits per heavy atom. The number of benzene rings is 1. The maximum Gasteiger partial charge on any atom is 0.190 e. The van der Waals surface area contributed by atoms with E-state index in [2.05, 4.69) is 29.1 Å². The number of H-pyrrole nitrogens is 1. The van der Waals surface area contributed by atoms with Gasteiger partial charge in [0.2, 0.25) is 0 Å². The molecule has 0 amide bonds. The molecule has 112 valence electrons. The van der Waals surface area contributed by atoms with Crippen LogP contribution >= 0.6 is 0 Å². The number of hydrogen-bond acceptors (Lipinski definition) is 4. The van der Waals surface area contributed by atoms with E-state index in [9.17, 15) is 0 Å². The maximum absolute atomic E-state index is 5.93. The zero-order valence-electron chi connectivity index (χ0n) is 12.4. The summed E-state index contributed by atoms with van der Waals surface area (Å²) in [7, 11) is 0. The minimum atomic E-state index is -0.182. The first-order valence-corrected chi connectivity index (χ1v) is 7.35. The van der Waals surface area contributed by atoms with Crippen molar-refractivity contribution in [2.24, 2.45) is 5.92 Å². The van der Waals surface area contributed by atoms with E-state index in [0.717, 1.165) is 36.1 Å². The molecule has 2 heterocycles. The molecule has 0 saturated carbocycles. The van der Waals surface area contributed by atoms with Gasteiger partial charge in [-0.15, -0.1) is 0 Å². The predicted octanol–water partition coefficient (Wildman–Crippen LogP) is 2.67. The molecule has 0 bridgehead atoms. The fourth-order valence-corrected chi connectivity index (χ4v) is 2.28. The Morgan fingerprint density at radius 3 is 2.95 bits per heavy atom. The molecule has 0 spiro atoms. The first kappa shape index (κ1) is 13.9. The van der Waals surface area contributed by atoms with Gasteiger partial charge in [0.1, 0.15) is 6.61 Å². The lowest BCUT2D eigenvalue weighted by atomic mass is 10.2. The molecule has 0 aliphatic carbocycles. The molecule has 0 fully saturated rings. The van der Waals surface area contributed by atoms with Crippen molar-refractivity contribution in [3.63, 3.8) is 0 Å². The second-order valence-corrected chi connectivity index (χ2v) is 5.68. The number of aromatic nitrogens is 2. The standard InChI is InChI=1S/C16H21N3O2/c1-11(2)7-17-8-12-9-18-16(19-12)15-10-20-13-5-3-4-6-14(13)21-15/h3-6,9,11,15,17H,7-8,10H2,1-2H3,(H,18,19). The summed E-state index contributed by atoms with van der Waals surface area (Å²) in [5.41, 5.74) is 1.06. The van der Waals surface area contributed by atoms with Crippen LogP contribution in [0.25, 0.3) is 0 Å². The van der Waals surface area contributed by atoms with Crippen LogP contribution in [0.4, 0.5) is 0 Å². The lowest BCUT2D eigenvalue weighted by Crippen LogP contribution is -2.23. The van der Waals surface area contributed by atoms with Crippen molar-refractivity contribution in [3.8, 4) is 11.5 Å². The van der Waals surface area contributed by atoms with E-state index in [1.165, 1.54) is 0 Å². The molecule has 0 radical (unpaired) electrons. The highest BCUT2D eigenvalue weighted by molar-refractivity contribution is 5.41. The van der Waals surface area contributed by atoms with E-state index in [1.54, 1.807) is 0 Å². The average Bonchev–Trinajstić information content (AvgIpc) is 2.95. The Labute approximate surface area is 124 Å². The molecule has 5 nitrogen and oxygen atoms in total. The van der Waals surface area contributed by atoms with E-state index >= 15 is 0 Å². The van der Waals surface area contributed by atoms with E-state index in [4.69, 9.17) is 9.47 Å². The van der Waals surface area contributed by atoms with Gasteiger partial charge in [0.05, 0.1) is 0 Å². The second-order valence-electron chi connectivity index (χ2n) is 5.68. The van der Waals surface area contributed by atoms with Crippen LogP contribution in [0.15, 0.2) is 30.5 Å². The second kappa shape index (κ2) is 6.18. The number of para-hydroxylation sites is 2. The third kappa shape index (κ3) is 3.36. The molecule has 3 rings (SSSR count). The number of ether oxygens (including phenoxy) is 2. The molecule has 0 saturated heterocycles. The van der Waals surface area contributed by atoms with Crippen molar-refractivity contribution < 1.29 is 9.47 Å². The Bertz CT molecular complexity index is 595. The van der Waals surface area contributed by atoms with Gasteiger partial charge < -0.3 is 19.8 Å². The number of nitrogens with one attached hydrogen (secondary N) is 2. The molecular weight excluding hydrogens is 266 g/mol. The number of nitrogens with zero attached hydrogens (tertiary/aromatic N) is 1. The topological polar surface area (TPSA) is 59.2 Å². The summed E-state index contributed by atoms with van der Waals surface area (Å²) in [6.07, 6.45) is 1.67. The van der Waals surface area contributed by atoms with Crippen LogP contribution in [0.3, 0.4) is 0 Å². The SMILES string of the molecule is CC(C)CNCc1cnc(C2COc3ccccc3O2)[nH]1. The highest BCUT2D eigenvalue weighted by Crippen LogP contribution is 2.34. The quantitative estimate of drug-likeness (QED) is 0.887. The monoisotopic (exact) mass is 287 g/mol. The number of rotatable bonds is 5. The van der Waals surface area contributed by atoms with Gasteiger partial charge in [-0.3, -0.25) is 0 Å². The first-order valence-electron chi connectivity index (χ1n) is 7.35. The summed E-state index contributed by atoms with van der Waals surface area (Å²) in [5, 5.41) is 3.39. The van der Waals surface area contributed by atoms with Crippen molar-refractivity contribution >= 4 is 0 Å². The Hall–Kier alpha value is -2.01. The van der Waals surface area contributed by atoms with Gasteiger partial charge in [-0.25, -0.2) is 4.98 Å². The Morgan fingerprint density at radius 1 is 1.33 bits per heavy atom. The largest absolute Gasteiger partial charge is 0.485 e. The van der Waals surface area contributed by atoms with Crippen LogP contribution in [0.2, 0.25) is 0 Å². The van der Waals surface area contributed by atoms with Crippen LogP contribution in [-0.2, 0) is 6.54 Å². The summed E-state index contributed by atoms with van der Waals surface area (Å²) in [6.45, 7) is 6.63. The molecule has 21 heavy (non-hydrogen) atoms. The fraction of sp³-hybridized carbons (Fsp3) is 0.438. The molecule has 1 aliphatic heterocycles. The van der Waals surface area contributed by atoms with Gasteiger partial charge in [0.15, 0.2) is 23.4 Å². The highest BCUT2D eigenvalue weighted by atomic mass is 16.6. The molecule has 1 aromatic carbocycles. The van der Waals surface area contributed by atoms with Gasteiger partial charge in [-0.1, -0.05) is 26.0 Å². The van der Waals surface area contributed by atoms with E-state index < -0.39 is 0 Å². The van der Waals surface area contributed by atoms with E-state index in [-0.39, 0.29) is 6.10 Å². The minimum absolute atomic E-state index is 0.182. The first-order chi connectivity index (χ1) is 10.2. The van der Waals surface area contributed by atoms with Crippen LogP contribution in [0.1, 0.15) is 31.5 Å². The number of aromatic amines is 1. The Kier molecular flexibility index (Phi) is 4.10. The summed E-state index contributed by atoms with van der Waals surface area (Å²) >= 11 is 0. The van der Waals surface area contributed by atoms with Gasteiger partial charge in [0, 0.05) is 18.4 Å². The minimum Gasteiger partial charge on any atom is -0.485 e. The lowest BCUT2D eigenvalue weighted by molar-refractivity contribution is 0.0856. The Balaban J connectivity index is 1.62.